The van der Waals surface area contributed by atoms with Crippen LogP contribution in [0, 0.1) is 0 Å². The second-order valence-corrected chi connectivity index (χ2v) is 16.5. The number of rotatable bonds is 5. The molecule has 0 radical (unpaired) electrons. The van der Waals surface area contributed by atoms with E-state index in [0.717, 1.165) is 55.5 Å². The Balaban J connectivity index is 1.17. The second kappa shape index (κ2) is 12.8. The molecule has 10 aromatic carbocycles. The highest BCUT2D eigenvalue weighted by Gasteiger charge is 2.36. The van der Waals surface area contributed by atoms with Crippen molar-refractivity contribution in [1.82, 2.24) is 0 Å². The van der Waals surface area contributed by atoms with Crippen LogP contribution in [0.25, 0.3) is 87.6 Å². The Morgan fingerprint density at radius 2 is 1.00 bits per heavy atom. The Labute approximate surface area is 343 Å². The Morgan fingerprint density at radius 1 is 0.390 bits per heavy atom. The molecule has 2 heteroatoms. The molecule has 0 fully saturated rings. The van der Waals surface area contributed by atoms with Crippen LogP contribution >= 0.6 is 0 Å². The van der Waals surface area contributed by atoms with Crippen molar-refractivity contribution in [2.75, 3.05) is 4.90 Å². The van der Waals surface area contributed by atoms with E-state index >= 15 is 0 Å². The zero-order valence-corrected chi connectivity index (χ0v) is 32.9. The minimum Gasteiger partial charge on any atom is -0.455 e. The van der Waals surface area contributed by atoms with Gasteiger partial charge in [-0.1, -0.05) is 172 Å². The number of benzene rings is 10. The van der Waals surface area contributed by atoms with Gasteiger partial charge < -0.3 is 9.32 Å². The van der Waals surface area contributed by atoms with Crippen LogP contribution in [0.2, 0.25) is 0 Å². The Morgan fingerprint density at radius 3 is 1.81 bits per heavy atom. The van der Waals surface area contributed by atoms with E-state index in [1.807, 2.05) is 0 Å². The highest BCUT2D eigenvalue weighted by atomic mass is 16.3. The van der Waals surface area contributed by atoms with Crippen LogP contribution in [0.4, 0.5) is 17.1 Å². The standard InChI is InChI=1S/C57H39NO/c1-57(2)51-23-13-12-20-45(51)46-31-30-42(33-52(46)57)58(41-28-26-38(27-29-41)36-14-4-3-5-15-36)53-35-54-50(34-49(53)40-25-24-37-16-6-7-17-39(37)32-40)55-47-21-10-8-18-43(47)44-19-9-11-22-48(44)56(55)59-54/h3-35H,1-2H3. The third-order valence-corrected chi connectivity index (χ3v) is 12.8. The van der Waals surface area contributed by atoms with Crippen LogP contribution in [0.3, 0.4) is 0 Å². The minimum atomic E-state index is -0.156. The number of hydrogen-bond donors (Lipinski definition) is 0. The summed E-state index contributed by atoms with van der Waals surface area (Å²) in [5, 5.41) is 9.45. The molecular formula is C57H39NO. The van der Waals surface area contributed by atoms with Gasteiger partial charge in [-0.25, -0.2) is 0 Å². The summed E-state index contributed by atoms with van der Waals surface area (Å²) in [5.74, 6) is 0. The largest absolute Gasteiger partial charge is 0.455 e. The highest BCUT2D eigenvalue weighted by molar-refractivity contribution is 6.30. The lowest BCUT2D eigenvalue weighted by molar-refractivity contribution is 0.660. The summed E-state index contributed by atoms with van der Waals surface area (Å²) < 4.78 is 7.10. The minimum absolute atomic E-state index is 0.156. The lowest BCUT2D eigenvalue weighted by atomic mass is 9.82. The van der Waals surface area contributed by atoms with Gasteiger partial charge in [0.25, 0.3) is 0 Å². The molecule has 59 heavy (non-hydrogen) atoms. The molecule has 1 aliphatic rings. The molecule has 1 heterocycles. The maximum atomic E-state index is 7.10. The summed E-state index contributed by atoms with van der Waals surface area (Å²) >= 11 is 0. The maximum Gasteiger partial charge on any atom is 0.143 e. The van der Waals surface area contributed by atoms with Crippen LogP contribution < -0.4 is 4.90 Å². The molecule has 0 N–H and O–H groups in total. The van der Waals surface area contributed by atoms with Crippen molar-refractivity contribution in [3.8, 4) is 33.4 Å². The summed E-state index contributed by atoms with van der Waals surface area (Å²) in [6, 6.07) is 73.2. The lowest BCUT2D eigenvalue weighted by Crippen LogP contribution is -2.17. The second-order valence-electron chi connectivity index (χ2n) is 16.5. The zero-order valence-electron chi connectivity index (χ0n) is 32.9. The molecule has 0 spiro atoms. The van der Waals surface area contributed by atoms with Crippen LogP contribution in [0.15, 0.2) is 205 Å². The molecule has 12 rings (SSSR count). The number of fused-ring (bicyclic) bond motifs is 12. The fourth-order valence-electron chi connectivity index (χ4n) is 9.91. The first-order valence-corrected chi connectivity index (χ1v) is 20.5. The van der Waals surface area contributed by atoms with E-state index in [4.69, 9.17) is 4.42 Å². The first kappa shape index (κ1) is 33.7. The van der Waals surface area contributed by atoms with E-state index < -0.39 is 0 Å². The van der Waals surface area contributed by atoms with Crippen molar-refractivity contribution < 1.29 is 4.42 Å². The molecule has 2 nitrogen and oxygen atoms in total. The molecule has 0 saturated heterocycles. The van der Waals surface area contributed by atoms with E-state index in [1.165, 1.54) is 60.3 Å². The molecule has 0 bridgehead atoms. The van der Waals surface area contributed by atoms with Gasteiger partial charge >= 0.3 is 0 Å². The van der Waals surface area contributed by atoms with Crippen LogP contribution in [-0.4, -0.2) is 0 Å². The van der Waals surface area contributed by atoms with E-state index in [0.29, 0.717) is 0 Å². The summed E-state index contributed by atoms with van der Waals surface area (Å²) in [6.45, 7) is 4.71. The van der Waals surface area contributed by atoms with Gasteiger partial charge in [0.1, 0.15) is 11.2 Å². The summed E-state index contributed by atoms with van der Waals surface area (Å²) in [5.41, 5.74) is 14.8. The maximum absolute atomic E-state index is 7.10. The molecule has 1 aromatic heterocycles. The number of anilines is 3. The predicted molar refractivity (Wildman–Crippen MR) is 249 cm³/mol. The van der Waals surface area contributed by atoms with Gasteiger partial charge in [0, 0.05) is 44.6 Å². The van der Waals surface area contributed by atoms with Gasteiger partial charge in [0.2, 0.25) is 0 Å². The molecule has 0 aliphatic heterocycles. The molecule has 0 amide bonds. The zero-order chi connectivity index (χ0) is 39.2. The molecule has 0 saturated carbocycles. The third-order valence-electron chi connectivity index (χ3n) is 12.8. The average Bonchev–Trinajstić information content (AvgIpc) is 3.78. The number of nitrogens with zero attached hydrogens (tertiary/aromatic N) is 1. The molecule has 278 valence electrons. The average molecular weight is 754 g/mol. The van der Waals surface area contributed by atoms with Gasteiger partial charge in [-0.15, -0.1) is 0 Å². The van der Waals surface area contributed by atoms with Crippen molar-refractivity contribution in [2.24, 2.45) is 0 Å². The van der Waals surface area contributed by atoms with Crippen LogP contribution in [0.5, 0.6) is 0 Å². The third kappa shape index (κ3) is 5.13. The smallest absolute Gasteiger partial charge is 0.143 e. The highest BCUT2D eigenvalue weighted by Crippen LogP contribution is 2.52. The van der Waals surface area contributed by atoms with E-state index in [9.17, 15) is 0 Å². The first-order chi connectivity index (χ1) is 29.0. The van der Waals surface area contributed by atoms with Gasteiger partial charge in [-0.05, 0) is 102 Å². The van der Waals surface area contributed by atoms with Crippen LogP contribution in [-0.2, 0) is 5.41 Å². The Kier molecular flexibility index (Phi) is 7.31. The quantitative estimate of drug-likeness (QED) is 0.163. The monoisotopic (exact) mass is 753 g/mol. The fraction of sp³-hybridized carbons (Fsp3) is 0.0526. The van der Waals surface area contributed by atoms with Crippen molar-refractivity contribution in [2.45, 2.75) is 19.3 Å². The molecule has 1 aliphatic carbocycles. The Bertz CT molecular complexity index is 3460. The normalized spacial score (nSPS) is 13.1. The molecular weight excluding hydrogens is 715 g/mol. The van der Waals surface area contributed by atoms with Crippen molar-refractivity contribution in [3.63, 3.8) is 0 Å². The molecule has 0 unspecified atom stereocenters. The van der Waals surface area contributed by atoms with E-state index in [2.05, 4.69) is 219 Å². The number of hydrogen-bond acceptors (Lipinski definition) is 2. The number of furan rings is 1. The molecule has 11 aromatic rings. The van der Waals surface area contributed by atoms with Gasteiger partial charge in [-0.2, -0.15) is 0 Å². The van der Waals surface area contributed by atoms with Gasteiger partial charge in [0.05, 0.1) is 5.69 Å². The first-order valence-electron chi connectivity index (χ1n) is 20.5. The van der Waals surface area contributed by atoms with E-state index in [-0.39, 0.29) is 5.41 Å². The van der Waals surface area contributed by atoms with Gasteiger partial charge in [-0.3, -0.25) is 0 Å². The topological polar surface area (TPSA) is 16.4 Å². The van der Waals surface area contributed by atoms with E-state index in [1.54, 1.807) is 0 Å². The summed E-state index contributed by atoms with van der Waals surface area (Å²) in [4.78, 5) is 2.45. The predicted octanol–water partition coefficient (Wildman–Crippen LogP) is 16.2. The fourth-order valence-corrected chi connectivity index (χ4v) is 9.91. The summed E-state index contributed by atoms with van der Waals surface area (Å²) in [6.07, 6.45) is 0. The SMILES string of the molecule is CC1(C)c2ccccc2-c2ccc(N(c3ccc(-c4ccccc4)cc3)c3cc4oc5c6ccccc6c6ccccc6c5c4cc3-c3ccc4ccccc4c3)cc21. The van der Waals surface area contributed by atoms with Gasteiger partial charge in [0.15, 0.2) is 0 Å². The lowest BCUT2D eigenvalue weighted by Gasteiger charge is -2.30. The molecule has 0 atom stereocenters. The van der Waals surface area contributed by atoms with Crippen molar-refractivity contribution >= 4 is 71.3 Å². The van der Waals surface area contributed by atoms with Crippen molar-refractivity contribution in [1.29, 1.82) is 0 Å². The Hall–Kier alpha value is -7.42. The summed E-state index contributed by atoms with van der Waals surface area (Å²) in [7, 11) is 0. The van der Waals surface area contributed by atoms with Crippen molar-refractivity contribution in [3.05, 3.63) is 211 Å². The van der Waals surface area contributed by atoms with Crippen LogP contribution in [0.1, 0.15) is 25.0 Å².